The number of hydrogen-bond donors (Lipinski definition) is 3. The predicted octanol–water partition coefficient (Wildman–Crippen LogP) is -2.02. The highest BCUT2D eigenvalue weighted by atomic mass is 16.5. The van der Waals surface area contributed by atoms with E-state index in [1.165, 1.54) is 0 Å². The van der Waals surface area contributed by atoms with E-state index in [4.69, 9.17) is 4.74 Å². The van der Waals surface area contributed by atoms with Crippen LogP contribution in [0, 0.1) is 0 Å². The predicted molar refractivity (Wildman–Crippen MR) is 80.4 cm³/mol. The molecule has 4 amide bonds. The van der Waals surface area contributed by atoms with Crippen molar-refractivity contribution in [2.75, 3.05) is 46.4 Å². The molecule has 0 aromatic rings. The molecule has 0 saturated carbocycles. The normalized spacial score (nSPS) is 16.8. The fourth-order valence-corrected chi connectivity index (χ4v) is 2.06. The lowest BCUT2D eigenvalue weighted by atomic mass is 10.1. The summed E-state index contributed by atoms with van der Waals surface area (Å²) >= 11 is 0. The highest BCUT2D eigenvalue weighted by Gasteiger charge is 2.22. The second-order valence-electron chi connectivity index (χ2n) is 6.56. The van der Waals surface area contributed by atoms with E-state index in [0.717, 1.165) is 4.90 Å². The van der Waals surface area contributed by atoms with E-state index in [9.17, 15) is 14.4 Å². The molecule has 0 aliphatic carbocycles. The average molecular weight is 315 g/mol. The zero-order chi connectivity index (χ0) is 16.8. The smallest absolute Gasteiger partial charge is 0.322 e. The van der Waals surface area contributed by atoms with Gasteiger partial charge in [-0.15, -0.1) is 0 Å². The number of nitrogens with zero attached hydrogens (tertiary/aromatic N) is 1. The Kier molecular flexibility index (Phi) is 6.76. The molecule has 1 aliphatic rings. The van der Waals surface area contributed by atoms with Gasteiger partial charge in [0.2, 0.25) is 0 Å². The molecular weight excluding hydrogens is 288 g/mol. The van der Waals surface area contributed by atoms with Gasteiger partial charge in [-0.2, -0.15) is 0 Å². The van der Waals surface area contributed by atoms with Gasteiger partial charge in [0.15, 0.2) is 13.1 Å². The third kappa shape index (κ3) is 7.37. The van der Waals surface area contributed by atoms with Crippen molar-refractivity contribution < 1.29 is 24.0 Å². The van der Waals surface area contributed by atoms with Crippen LogP contribution in [0.15, 0.2) is 0 Å². The molecule has 0 bridgehead atoms. The summed E-state index contributed by atoms with van der Waals surface area (Å²) in [6, 6.07) is -0.523. The van der Waals surface area contributed by atoms with Gasteiger partial charge in [0.05, 0.1) is 20.3 Å². The third-order valence-corrected chi connectivity index (χ3v) is 3.02. The van der Waals surface area contributed by atoms with Crippen LogP contribution in [0.1, 0.15) is 20.8 Å². The van der Waals surface area contributed by atoms with Crippen molar-refractivity contribution in [3.05, 3.63) is 0 Å². The number of carbonyl (C=O) groups excluding carboxylic acids is 3. The molecule has 3 N–H and O–H groups in total. The highest BCUT2D eigenvalue weighted by molar-refractivity contribution is 5.95. The minimum atomic E-state index is -0.523. The van der Waals surface area contributed by atoms with E-state index >= 15 is 0 Å². The van der Waals surface area contributed by atoms with Gasteiger partial charge in [0.25, 0.3) is 11.8 Å². The van der Waals surface area contributed by atoms with Crippen molar-refractivity contribution in [2.24, 2.45) is 0 Å². The van der Waals surface area contributed by atoms with Gasteiger partial charge >= 0.3 is 6.03 Å². The maximum atomic E-state index is 12.0. The summed E-state index contributed by atoms with van der Waals surface area (Å²) in [4.78, 5) is 37.9. The van der Waals surface area contributed by atoms with Crippen LogP contribution in [0.25, 0.3) is 0 Å². The monoisotopic (exact) mass is 315 g/mol. The van der Waals surface area contributed by atoms with Crippen molar-refractivity contribution >= 4 is 17.8 Å². The van der Waals surface area contributed by atoms with Crippen molar-refractivity contribution in [1.29, 1.82) is 0 Å². The third-order valence-electron chi connectivity index (χ3n) is 3.02. The summed E-state index contributed by atoms with van der Waals surface area (Å²) in [5.41, 5.74) is -0.407. The number of quaternary nitrogens is 1. The van der Waals surface area contributed by atoms with Crippen LogP contribution in [-0.2, 0) is 14.3 Å². The Morgan fingerprint density at radius 1 is 1.14 bits per heavy atom. The van der Waals surface area contributed by atoms with Crippen LogP contribution >= 0.6 is 0 Å². The fraction of sp³-hybridized carbons (Fsp3) is 0.786. The van der Waals surface area contributed by atoms with Gasteiger partial charge in [-0.05, 0) is 20.8 Å². The van der Waals surface area contributed by atoms with E-state index in [0.29, 0.717) is 26.3 Å². The standard InChI is InChI=1S/C14H26N4O4/c1-14(2,3)16-13(21)15-11(19)9-17(4)10-12(20)18-5-7-22-8-6-18/h5-10H2,1-4H3,(H2,15,16,19,21)/p+1. The first-order chi connectivity index (χ1) is 10.2. The van der Waals surface area contributed by atoms with E-state index in [-0.39, 0.29) is 19.0 Å². The number of rotatable bonds is 4. The quantitative estimate of drug-likeness (QED) is 0.559. The van der Waals surface area contributed by atoms with E-state index < -0.39 is 17.5 Å². The Morgan fingerprint density at radius 3 is 2.27 bits per heavy atom. The van der Waals surface area contributed by atoms with Crippen molar-refractivity contribution in [3.63, 3.8) is 0 Å². The minimum absolute atomic E-state index is 0.00672. The first kappa shape index (κ1) is 18.4. The van der Waals surface area contributed by atoms with Crippen LogP contribution in [0.5, 0.6) is 0 Å². The van der Waals surface area contributed by atoms with Gasteiger partial charge in [-0.3, -0.25) is 14.9 Å². The molecule has 1 aliphatic heterocycles. The van der Waals surface area contributed by atoms with E-state index in [2.05, 4.69) is 10.6 Å². The first-order valence-electron chi connectivity index (χ1n) is 7.46. The summed E-state index contributed by atoms with van der Waals surface area (Å²) in [5, 5.41) is 4.91. The number of morpholine rings is 1. The molecule has 0 aromatic heterocycles. The molecule has 126 valence electrons. The lowest BCUT2D eigenvalue weighted by Gasteiger charge is -2.27. The van der Waals surface area contributed by atoms with Gasteiger partial charge in [-0.25, -0.2) is 4.79 Å². The number of carbonyl (C=O) groups is 3. The van der Waals surface area contributed by atoms with Crippen LogP contribution < -0.4 is 15.5 Å². The Balaban J connectivity index is 2.31. The van der Waals surface area contributed by atoms with Crippen molar-refractivity contribution in [1.82, 2.24) is 15.5 Å². The second kappa shape index (κ2) is 8.09. The molecule has 1 fully saturated rings. The van der Waals surface area contributed by atoms with E-state index in [1.54, 1.807) is 11.9 Å². The molecule has 22 heavy (non-hydrogen) atoms. The Hall–Kier alpha value is -1.67. The summed E-state index contributed by atoms with van der Waals surface area (Å²) < 4.78 is 5.19. The maximum Gasteiger partial charge on any atom is 0.322 e. The van der Waals surface area contributed by atoms with Crippen molar-refractivity contribution in [3.8, 4) is 0 Å². The molecule has 1 rings (SSSR count). The lowest BCUT2D eigenvalue weighted by Crippen LogP contribution is -3.11. The zero-order valence-electron chi connectivity index (χ0n) is 13.8. The SMILES string of the molecule is C[NH+](CC(=O)NC(=O)NC(C)(C)C)CC(=O)N1CCOCC1. The maximum absolute atomic E-state index is 12.0. The first-order valence-corrected chi connectivity index (χ1v) is 7.46. The number of nitrogens with one attached hydrogen (secondary N) is 3. The molecule has 0 radical (unpaired) electrons. The Labute approximate surface area is 131 Å². The molecular formula is C14H27N4O4+. The molecule has 8 nitrogen and oxygen atoms in total. The molecule has 0 spiro atoms. The second-order valence-corrected chi connectivity index (χ2v) is 6.56. The Morgan fingerprint density at radius 2 is 1.73 bits per heavy atom. The van der Waals surface area contributed by atoms with Crippen LogP contribution in [0.3, 0.4) is 0 Å². The summed E-state index contributed by atoms with van der Waals surface area (Å²) in [6.45, 7) is 8.05. The van der Waals surface area contributed by atoms with Crippen LogP contribution in [0.4, 0.5) is 4.79 Å². The van der Waals surface area contributed by atoms with Gasteiger partial charge in [0, 0.05) is 18.6 Å². The molecule has 1 atom stereocenters. The highest BCUT2D eigenvalue weighted by Crippen LogP contribution is 1.97. The lowest BCUT2D eigenvalue weighted by molar-refractivity contribution is -0.862. The van der Waals surface area contributed by atoms with Crippen molar-refractivity contribution in [2.45, 2.75) is 26.3 Å². The largest absolute Gasteiger partial charge is 0.378 e. The Bertz CT molecular complexity index is 414. The summed E-state index contributed by atoms with van der Waals surface area (Å²) in [7, 11) is 1.75. The summed E-state index contributed by atoms with van der Waals surface area (Å²) in [5.74, 6) is -0.415. The molecule has 1 saturated heterocycles. The summed E-state index contributed by atoms with van der Waals surface area (Å²) in [6.07, 6.45) is 0. The topological polar surface area (TPSA) is 92.2 Å². The molecule has 8 heteroatoms. The van der Waals surface area contributed by atoms with Gasteiger partial charge in [0.1, 0.15) is 0 Å². The zero-order valence-corrected chi connectivity index (χ0v) is 13.8. The number of ether oxygens (including phenoxy) is 1. The van der Waals surface area contributed by atoms with Crippen LogP contribution in [-0.4, -0.2) is 74.7 Å². The van der Waals surface area contributed by atoms with E-state index in [1.807, 2.05) is 20.8 Å². The number of amides is 4. The number of hydrogen-bond acceptors (Lipinski definition) is 4. The number of imide groups is 1. The average Bonchev–Trinajstić information content (AvgIpc) is 2.36. The number of urea groups is 1. The van der Waals surface area contributed by atoms with Gasteiger partial charge in [-0.1, -0.05) is 0 Å². The molecule has 1 heterocycles. The number of likely N-dealkylation sites (N-methyl/N-ethyl adjacent to an activating group) is 1. The minimum Gasteiger partial charge on any atom is -0.378 e. The van der Waals surface area contributed by atoms with Crippen LogP contribution in [0.2, 0.25) is 0 Å². The van der Waals surface area contributed by atoms with Gasteiger partial charge < -0.3 is 19.9 Å². The fourth-order valence-electron chi connectivity index (χ4n) is 2.06. The molecule has 0 aromatic carbocycles. The molecule has 1 unspecified atom stereocenters.